The topological polar surface area (TPSA) is 107 Å². The molecule has 0 unspecified atom stereocenters. The van der Waals surface area contributed by atoms with Crippen LogP contribution >= 0.6 is 0 Å². The number of ether oxygens (including phenoxy) is 6. The third-order valence-corrected chi connectivity index (χ3v) is 7.68. The molecule has 0 aliphatic carbocycles. The summed E-state index contributed by atoms with van der Waals surface area (Å²) in [7, 11) is 4.19. The van der Waals surface area contributed by atoms with E-state index in [2.05, 4.69) is 13.8 Å². The third-order valence-electron chi connectivity index (χ3n) is 7.68. The highest BCUT2D eigenvalue weighted by Gasteiger charge is 2.29. The van der Waals surface area contributed by atoms with Crippen molar-refractivity contribution in [3.8, 4) is 28.7 Å². The first-order valence-electron chi connectivity index (χ1n) is 14.5. The van der Waals surface area contributed by atoms with Crippen molar-refractivity contribution in [3.05, 3.63) is 113 Å². The van der Waals surface area contributed by atoms with Gasteiger partial charge < -0.3 is 28.4 Å². The Morgan fingerprint density at radius 3 is 1.52 bits per heavy atom. The molecule has 0 aliphatic rings. The summed E-state index contributed by atoms with van der Waals surface area (Å²) in [4.78, 5) is 37.2. The summed E-state index contributed by atoms with van der Waals surface area (Å²) in [6.45, 7) is 9.14. The van der Waals surface area contributed by atoms with E-state index in [9.17, 15) is 14.4 Å². The van der Waals surface area contributed by atoms with Crippen LogP contribution in [0.2, 0.25) is 0 Å². The highest BCUT2D eigenvalue weighted by atomic mass is 16.5. The lowest BCUT2D eigenvalue weighted by Crippen LogP contribution is -2.25. The van der Waals surface area contributed by atoms with Crippen LogP contribution in [0.25, 0.3) is 0 Å². The molecule has 0 spiro atoms. The Morgan fingerprint density at radius 2 is 1.02 bits per heavy atom. The largest absolute Gasteiger partial charge is 0.497 e. The summed E-state index contributed by atoms with van der Waals surface area (Å²) in [6.07, 6.45) is 0. The van der Waals surface area contributed by atoms with Crippen molar-refractivity contribution in [2.24, 2.45) is 0 Å². The van der Waals surface area contributed by atoms with Crippen LogP contribution in [0.3, 0.4) is 0 Å². The van der Waals surface area contributed by atoms with Crippen molar-refractivity contribution in [1.29, 1.82) is 0 Å². The highest BCUT2D eigenvalue weighted by Crippen LogP contribution is 2.38. The maximum absolute atomic E-state index is 13.0. The average Bonchev–Trinajstić information content (AvgIpc) is 3.04. The smallest absolute Gasteiger partial charge is 0.341 e. The van der Waals surface area contributed by atoms with E-state index in [0.29, 0.717) is 17.1 Å². The average molecular weight is 627 g/mol. The quantitative estimate of drug-likeness (QED) is 0.123. The molecule has 0 N–H and O–H groups in total. The van der Waals surface area contributed by atoms with Gasteiger partial charge in [-0.1, -0.05) is 38.1 Å². The van der Waals surface area contributed by atoms with E-state index in [0.717, 1.165) is 16.9 Å². The zero-order valence-corrected chi connectivity index (χ0v) is 27.3. The van der Waals surface area contributed by atoms with Crippen LogP contribution in [0.4, 0.5) is 0 Å². The van der Waals surface area contributed by atoms with E-state index in [1.165, 1.54) is 21.1 Å². The molecule has 46 heavy (non-hydrogen) atoms. The molecule has 4 aromatic carbocycles. The Bertz CT molecular complexity index is 1720. The monoisotopic (exact) mass is 626 g/mol. The molecule has 0 saturated carbocycles. The molecule has 0 heterocycles. The molecule has 0 aliphatic heterocycles. The molecule has 0 radical (unpaired) electrons. The van der Waals surface area contributed by atoms with Gasteiger partial charge in [0.15, 0.2) is 0 Å². The minimum Gasteiger partial charge on any atom is -0.497 e. The second-order valence-electron chi connectivity index (χ2n) is 11.5. The third kappa shape index (κ3) is 7.48. The first-order valence-corrected chi connectivity index (χ1v) is 14.5. The first-order chi connectivity index (χ1) is 21.8. The van der Waals surface area contributed by atoms with Gasteiger partial charge in [-0.3, -0.25) is 4.79 Å². The van der Waals surface area contributed by atoms with E-state index in [1.54, 1.807) is 61.7 Å². The van der Waals surface area contributed by atoms with Crippen molar-refractivity contribution in [2.75, 3.05) is 21.3 Å². The molecule has 0 aromatic heterocycles. The van der Waals surface area contributed by atoms with Gasteiger partial charge in [-0.25, -0.2) is 9.59 Å². The first kappa shape index (κ1) is 33.6. The van der Waals surface area contributed by atoms with E-state index in [1.807, 2.05) is 44.2 Å². The van der Waals surface area contributed by atoms with Crippen LogP contribution < -0.4 is 18.9 Å². The number of hydrogen-bond donors (Lipinski definition) is 0. The lowest BCUT2D eigenvalue weighted by Gasteiger charge is -2.28. The van der Waals surface area contributed by atoms with E-state index in [-0.39, 0.29) is 22.6 Å². The van der Waals surface area contributed by atoms with Gasteiger partial charge in [0.25, 0.3) is 0 Å². The van der Waals surface area contributed by atoms with Gasteiger partial charge in [-0.15, -0.1) is 0 Å². The maximum atomic E-state index is 13.0. The second-order valence-corrected chi connectivity index (χ2v) is 11.5. The Labute approximate surface area is 269 Å². The summed E-state index contributed by atoms with van der Waals surface area (Å²) in [5.41, 5.74) is 1.51. The Morgan fingerprint density at radius 1 is 0.565 bits per heavy atom. The zero-order chi connectivity index (χ0) is 33.6. The number of rotatable bonds is 11. The Balaban J connectivity index is 1.67. The Hall–Kier alpha value is -5.31. The van der Waals surface area contributed by atoms with E-state index >= 15 is 0 Å². The minimum absolute atomic E-state index is 0.139. The van der Waals surface area contributed by atoms with Crippen LogP contribution in [-0.4, -0.2) is 39.2 Å². The highest BCUT2D eigenvalue weighted by molar-refractivity contribution is 5.94. The summed E-state index contributed by atoms with van der Waals surface area (Å²) in [6, 6.07) is 24.7. The summed E-state index contributed by atoms with van der Waals surface area (Å²) >= 11 is 0. The minimum atomic E-state index is -0.893. The fourth-order valence-corrected chi connectivity index (χ4v) is 4.93. The van der Waals surface area contributed by atoms with Gasteiger partial charge in [-0.05, 0) is 91.2 Å². The van der Waals surface area contributed by atoms with Crippen LogP contribution in [-0.2, 0) is 25.3 Å². The van der Waals surface area contributed by atoms with Crippen LogP contribution in [0, 0.1) is 0 Å². The number of esters is 3. The SMILES string of the molecule is COC(=O)c1cc(C(C)(C)Oc2ccc(OC(C)=O)cc2)ccc1Oc1ccc(C(C)(C)c2ccc(OC)cc2)cc1C(=O)OC. The summed E-state index contributed by atoms with van der Waals surface area (Å²) < 4.78 is 33.0. The summed E-state index contributed by atoms with van der Waals surface area (Å²) in [5.74, 6) is 0.432. The van der Waals surface area contributed by atoms with Crippen LogP contribution in [0.15, 0.2) is 84.9 Å². The molecule has 240 valence electrons. The zero-order valence-electron chi connectivity index (χ0n) is 27.3. The maximum Gasteiger partial charge on any atom is 0.341 e. The van der Waals surface area contributed by atoms with Crippen molar-refractivity contribution in [1.82, 2.24) is 0 Å². The molecule has 0 fully saturated rings. The van der Waals surface area contributed by atoms with E-state index in [4.69, 9.17) is 28.4 Å². The van der Waals surface area contributed by atoms with Crippen molar-refractivity contribution in [2.45, 2.75) is 45.6 Å². The van der Waals surface area contributed by atoms with Gasteiger partial charge in [0.05, 0.1) is 21.3 Å². The lowest BCUT2D eigenvalue weighted by atomic mass is 9.77. The standard InChI is InChI=1S/C37H38O9/c1-23(38)44-28-15-17-29(18-16-28)46-37(4,5)26-12-20-33(31(22-26)35(40)43-8)45-32-19-11-25(21-30(32)34(39)42-7)36(2,3)24-9-13-27(41-6)14-10-24/h9-22H,1-8H3. The molecule has 0 atom stereocenters. The van der Waals surface area contributed by atoms with Crippen LogP contribution in [0.5, 0.6) is 28.7 Å². The molecule has 0 amide bonds. The fourth-order valence-electron chi connectivity index (χ4n) is 4.93. The number of carbonyl (C=O) groups is 3. The fraction of sp³-hybridized carbons (Fsp3) is 0.270. The second kappa shape index (κ2) is 13.8. The van der Waals surface area contributed by atoms with Crippen molar-refractivity contribution < 1.29 is 42.8 Å². The molecular weight excluding hydrogens is 588 g/mol. The normalized spacial score (nSPS) is 11.3. The van der Waals surface area contributed by atoms with Gasteiger partial charge in [0, 0.05) is 12.3 Å². The molecule has 4 rings (SSSR count). The van der Waals surface area contributed by atoms with E-state index < -0.39 is 28.9 Å². The van der Waals surface area contributed by atoms with Crippen LogP contribution in [0.1, 0.15) is 72.0 Å². The van der Waals surface area contributed by atoms with Crippen molar-refractivity contribution >= 4 is 17.9 Å². The number of hydrogen-bond acceptors (Lipinski definition) is 9. The molecule has 0 saturated heterocycles. The molecular formula is C37H38O9. The van der Waals surface area contributed by atoms with Gasteiger partial charge in [-0.2, -0.15) is 0 Å². The van der Waals surface area contributed by atoms with Gasteiger partial charge >= 0.3 is 17.9 Å². The summed E-state index contributed by atoms with van der Waals surface area (Å²) in [5, 5.41) is 0. The number of carbonyl (C=O) groups excluding carboxylic acids is 3. The number of methoxy groups -OCH3 is 3. The Kier molecular flexibility index (Phi) is 10.1. The lowest BCUT2D eigenvalue weighted by molar-refractivity contribution is -0.131. The van der Waals surface area contributed by atoms with Gasteiger partial charge in [0.2, 0.25) is 0 Å². The molecule has 9 nitrogen and oxygen atoms in total. The molecule has 9 heteroatoms. The number of benzene rings is 4. The molecule has 0 bridgehead atoms. The molecule has 4 aromatic rings. The predicted octanol–water partition coefficient (Wildman–Crippen LogP) is 7.63. The predicted molar refractivity (Wildman–Crippen MR) is 172 cm³/mol. The van der Waals surface area contributed by atoms with Gasteiger partial charge in [0.1, 0.15) is 45.5 Å². The van der Waals surface area contributed by atoms with Crippen molar-refractivity contribution in [3.63, 3.8) is 0 Å².